The average Bonchev–Trinajstić information content (AvgIpc) is 2.86. The van der Waals surface area contributed by atoms with Gasteiger partial charge in [0.1, 0.15) is 12.0 Å². The summed E-state index contributed by atoms with van der Waals surface area (Å²) >= 11 is 2.35. The van der Waals surface area contributed by atoms with Crippen molar-refractivity contribution >= 4 is 28.4 Å². The molecular weight excluding hydrogens is 382 g/mol. The van der Waals surface area contributed by atoms with Gasteiger partial charge in [0.2, 0.25) is 0 Å². The molecule has 3 nitrogen and oxygen atoms in total. The molecule has 1 aliphatic heterocycles. The summed E-state index contributed by atoms with van der Waals surface area (Å²) in [5.41, 5.74) is 1.17. The number of carbonyl (C=O) groups is 1. The van der Waals surface area contributed by atoms with Crippen molar-refractivity contribution in [1.82, 2.24) is 10.2 Å². The Bertz CT molecular complexity index is 471. The number of likely N-dealkylation sites (N-methyl/N-ethyl adjacent to an activating group) is 1. The first-order valence-corrected chi connectivity index (χ1v) is 8.60. The van der Waals surface area contributed by atoms with Crippen molar-refractivity contribution < 1.29 is 9.18 Å². The van der Waals surface area contributed by atoms with E-state index in [0.29, 0.717) is 19.6 Å². The number of nitrogens with zero attached hydrogens (tertiary/aromatic N) is 1. The highest BCUT2D eigenvalue weighted by Crippen LogP contribution is 2.35. The number of rotatable bonds is 6. The van der Waals surface area contributed by atoms with Crippen LogP contribution in [0.4, 0.5) is 4.39 Å². The van der Waals surface area contributed by atoms with Crippen molar-refractivity contribution in [2.75, 3.05) is 19.6 Å². The molecule has 1 aliphatic rings. The molecule has 0 radical (unpaired) electrons. The Hall–Kier alpha value is -0.530. The number of hydrogen-bond donors (Lipinski definition) is 1. The Labute approximate surface area is 139 Å². The lowest BCUT2D eigenvalue weighted by Gasteiger charge is -2.25. The van der Waals surface area contributed by atoms with E-state index in [-0.39, 0.29) is 21.8 Å². The quantitative estimate of drug-likeness (QED) is 0.450. The van der Waals surface area contributed by atoms with Gasteiger partial charge in [0.15, 0.2) is 0 Å². The predicted molar refractivity (Wildman–Crippen MR) is 91.3 cm³/mol. The van der Waals surface area contributed by atoms with Gasteiger partial charge in [-0.1, -0.05) is 59.8 Å². The summed E-state index contributed by atoms with van der Waals surface area (Å²) in [7, 11) is 0. The van der Waals surface area contributed by atoms with Crippen LogP contribution in [0.3, 0.4) is 0 Å². The van der Waals surface area contributed by atoms with Gasteiger partial charge in [-0.15, -0.1) is 0 Å². The Morgan fingerprint density at radius 1 is 1.43 bits per heavy atom. The van der Waals surface area contributed by atoms with Crippen LogP contribution >= 0.6 is 22.6 Å². The first-order chi connectivity index (χ1) is 10.0. The zero-order valence-electron chi connectivity index (χ0n) is 12.4. The van der Waals surface area contributed by atoms with Crippen LogP contribution in [0.2, 0.25) is 0 Å². The third-order valence-electron chi connectivity index (χ3n) is 4.00. The molecule has 116 valence electrons. The second kappa shape index (κ2) is 7.65. The van der Waals surface area contributed by atoms with Crippen LogP contribution in [-0.2, 0) is 4.79 Å². The minimum absolute atomic E-state index is 0.0241. The van der Waals surface area contributed by atoms with E-state index in [0.717, 1.165) is 0 Å². The fraction of sp³-hybridized carbons (Fsp3) is 0.562. The Kier molecular flexibility index (Phi) is 6.13. The molecule has 0 spiro atoms. The number of Topliss-reactive ketones (excluding diaryl/α,β-unsaturated/α-hetero) is 1. The summed E-state index contributed by atoms with van der Waals surface area (Å²) in [6.45, 7) is 5.17. The lowest BCUT2D eigenvalue weighted by Crippen LogP contribution is -2.45. The maximum absolute atomic E-state index is 14.4. The van der Waals surface area contributed by atoms with Gasteiger partial charge in [-0.05, 0) is 19.0 Å². The Balaban J connectivity index is 2.08. The van der Waals surface area contributed by atoms with E-state index in [1.165, 1.54) is 5.56 Å². The summed E-state index contributed by atoms with van der Waals surface area (Å²) < 4.78 is 14.6. The van der Waals surface area contributed by atoms with Gasteiger partial charge >= 0.3 is 0 Å². The second-order valence-corrected chi connectivity index (χ2v) is 6.71. The molecule has 1 saturated heterocycles. The minimum Gasteiger partial charge on any atom is -0.307 e. The second-order valence-electron chi connectivity index (χ2n) is 5.53. The van der Waals surface area contributed by atoms with Gasteiger partial charge in [0.05, 0.1) is 10.1 Å². The molecule has 0 saturated carbocycles. The minimum atomic E-state index is -0.959. The van der Waals surface area contributed by atoms with Crippen LogP contribution in [-0.4, -0.2) is 42.5 Å². The largest absolute Gasteiger partial charge is 0.307 e. The summed E-state index contributed by atoms with van der Waals surface area (Å²) in [6.07, 6.45) is -0.959. The van der Waals surface area contributed by atoms with Crippen LogP contribution in [0.25, 0.3) is 0 Å². The molecule has 1 aromatic carbocycles. The molecule has 0 aromatic heterocycles. The number of likely N-dealkylation sites (tertiary alicyclic amines) is 1. The molecule has 1 heterocycles. The third-order valence-corrected chi connectivity index (χ3v) is 5.51. The predicted octanol–water partition coefficient (Wildman–Crippen LogP) is 2.96. The van der Waals surface area contributed by atoms with Crippen molar-refractivity contribution in [2.45, 2.75) is 30.1 Å². The maximum atomic E-state index is 14.4. The lowest BCUT2D eigenvalue weighted by molar-refractivity contribution is -0.120. The molecule has 5 heteroatoms. The molecule has 0 aliphatic carbocycles. The zero-order valence-corrected chi connectivity index (χ0v) is 14.6. The molecule has 0 amide bonds. The molecule has 1 aromatic rings. The van der Waals surface area contributed by atoms with Crippen molar-refractivity contribution in [3.63, 3.8) is 0 Å². The smallest absolute Gasteiger partial charge is 0.147 e. The first-order valence-electron chi connectivity index (χ1n) is 7.35. The molecule has 0 bridgehead atoms. The van der Waals surface area contributed by atoms with Crippen molar-refractivity contribution in [3.8, 4) is 0 Å². The summed E-state index contributed by atoms with van der Waals surface area (Å²) in [4.78, 5) is 13.9. The summed E-state index contributed by atoms with van der Waals surface area (Å²) in [5, 5.41) is 3.14. The standard InChI is InChI=1S/C16H22FIN2O/c1-3-19-15(11(2)21)13-9-20(10-14(13)17)16(18)12-7-5-4-6-8-12/h4-8,13-16,19H,3,9-10H2,1-2H3. The summed E-state index contributed by atoms with van der Waals surface area (Å²) in [5.74, 6) is -0.237. The highest BCUT2D eigenvalue weighted by Gasteiger charge is 2.41. The van der Waals surface area contributed by atoms with Crippen molar-refractivity contribution in [2.24, 2.45) is 5.92 Å². The lowest BCUT2D eigenvalue weighted by atomic mass is 9.94. The van der Waals surface area contributed by atoms with E-state index in [2.05, 4.69) is 44.9 Å². The Morgan fingerprint density at radius 2 is 2.10 bits per heavy atom. The number of hydrogen-bond acceptors (Lipinski definition) is 3. The van der Waals surface area contributed by atoms with Gasteiger partial charge in [-0.2, -0.15) is 0 Å². The number of carbonyl (C=O) groups excluding carboxylic acids is 1. The molecule has 4 atom stereocenters. The number of nitrogens with one attached hydrogen (secondary N) is 1. The van der Waals surface area contributed by atoms with Gasteiger partial charge in [0.25, 0.3) is 0 Å². The van der Waals surface area contributed by atoms with Gasteiger partial charge in [-0.25, -0.2) is 4.39 Å². The van der Waals surface area contributed by atoms with E-state index in [9.17, 15) is 9.18 Å². The normalized spacial score (nSPS) is 25.7. The number of ketones is 1. The molecule has 21 heavy (non-hydrogen) atoms. The molecule has 1 N–H and O–H groups in total. The summed E-state index contributed by atoms with van der Waals surface area (Å²) in [6, 6.07) is 9.72. The van der Waals surface area contributed by atoms with E-state index in [4.69, 9.17) is 0 Å². The van der Waals surface area contributed by atoms with Crippen molar-refractivity contribution in [3.05, 3.63) is 35.9 Å². The third kappa shape index (κ3) is 4.02. The fourth-order valence-electron chi connectivity index (χ4n) is 2.96. The van der Waals surface area contributed by atoms with Crippen LogP contribution in [0, 0.1) is 5.92 Å². The molecule has 1 fully saturated rings. The van der Waals surface area contributed by atoms with Crippen LogP contribution in [0.5, 0.6) is 0 Å². The maximum Gasteiger partial charge on any atom is 0.147 e. The van der Waals surface area contributed by atoms with Gasteiger partial charge < -0.3 is 5.32 Å². The number of benzene rings is 1. The van der Waals surface area contributed by atoms with E-state index in [1.807, 2.05) is 25.1 Å². The average molecular weight is 404 g/mol. The SMILES string of the molecule is CCNC(C(C)=O)C1CN(C(I)c2ccccc2)CC1F. The fourth-order valence-corrected chi connectivity index (χ4v) is 3.83. The Morgan fingerprint density at radius 3 is 2.67 bits per heavy atom. The molecule has 4 unspecified atom stereocenters. The van der Waals surface area contributed by atoms with E-state index < -0.39 is 6.17 Å². The van der Waals surface area contributed by atoms with Gasteiger partial charge in [-0.3, -0.25) is 9.69 Å². The molecular formula is C16H22FIN2O. The van der Waals surface area contributed by atoms with Crippen LogP contribution in [0.1, 0.15) is 23.5 Å². The zero-order chi connectivity index (χ0) is 15.4. The van der Waals surface area contributed by atoms with E-state index in [1.54, 1.807) is 6.92 Å². The van der Waals surface area contributed by atoms with Gasteiger partial charge in [0, 0.05) is 19.0 Å². The van der Waals surface area contributed by atoms with E-state index >= 15 is 0 Å². The highest BCUT2D eigenvalue weighted by atomic mass is 127. The highest BCUT2D eigenvalue weighted by molar-refractivity contribution is 14.1. The number of halogens is 2. The monoisotopic (exact) mass is 404 g/mol. The topological polar surface area (TPSA) is 32.3 Å². The van der Waals surface area contributed by atoms with Crippen LogP contribution in [0.15, 0.2) is 30.3 Å². The molecule has 2 rings (SSSR count). The van der Waals surface area contributed by atoms with Crippen LogP contribution < -0.4 is 5.32 Å². The van der Waals surface area contributed by atoms with Crippen molar-refractivity contribution in [1.29, 1.82) is 0 Å². The first kappa shape index (κ1) is 16.8. The number of alkyl halides is 2.